The van der Waals surface area contributed by atoms with E-state index in [0.717, 1.165) is 24.4 Å². The van der Waals surface area contributed by atoms with Gasteiger partial charge in [-0.05, 0) is 30.7 Å². The molecule has 0 aromatic carbocycles. The molecule has 2 unspecified atom stereocenters. The minimum absolute atomic E-state index is 0.512. The lowest BCUT2D eigenvalue weighted by Crippen LogP contribution is -2.19. The lowest BCUT2D eigenvalue weighted by molar-refractivity contribution is 0.0578. The van der Waals surface area contributed by atoms with E-state index < -0.39 is 0 Å². The van der Waals surface area contributed by atoms with Gasteiger partial charge in [0, 0.05) is 12.1 Å². The average Bonchev–Trinajstić information content (AvgIpc) is 2.79. The Kier molecular flexibility index (Phi) is 4.40. The molecule has 1 aliphatic carbocycles. The van der Waals surface area contributed by atoms with Crippen LogP contribution in [0.4, 0.5) is 0 Å². The van der Waals surface area contributed by atoms with E-state index in [2.05, 4.69) is 19.1 Å². The van der Waals surface area contributed by atoms with Gasteiger partial charge in [-0.2, -0.15) is 0 Å². The number of nitrogens with two attached hydrogens (primary N) is 1. The molecule has 94 valence electrons. The van der Waals surface area contributed by atoms with Gasteiger partial charge in [0.1, 0.15) is 12.4 Å². The minimum atomic E-state index is 0.512. The van der Waals surface area contributed by atoms with E-state index in [9.17, 15) is 0 Å². The van der Waals surface area contributed by atoms with Crippen LogP contribution in [0.25, 0.3) is 0 Å². The fourth-order valence-corrected chi connectivity index (χ4v) is 2.22. The van der Waals surface area contributed by atoms with Crippen molar-refractivity contribution in [2.75, 3.05) is 6.61 Å². The van der Waals surface area contributed by atoms with Crippen molar-refractivity contribution >= 4 is 0 Å². The molecule has 2 rings (SSSR count). The highest BCUT2D eigenvalue weighted by Gasteiger charge is 2.18. The van der Waals surface area contributed by atoms with Gasteiger partial charge in [-0.3, -0.25) is 0 Å². The summed E-state index contributed by atoms with van der Waals surface area (Å²) >= 11 is 0. The average molecular weight is 235 g/mol. The predicted molar refractivity (Wildman–Crippen MR) is 67.3 cm³/mol. The lowest BCUT2D eigenvalue weighted by Gasteiger charge is -2.24. The van der Waals surface area contributed by atoms with Crippen LogP contribution in [0.5, 0.6) is 0 Å². The molecule has 0 radical (unpaired) electrons. The Bertz CT molecular complexity index is 370. The van der Waals surface area contributed by atoms with Crippen molar-refractivity contribution in [3.8, 4) is 0 Å². The van der Waals surface area contributed by atoms with Gasteiger partial charge in [0.2, 0.25) is 0 Å². The SMILES string of the molecule is CC1CC=CCC1COCc1occc1CN. The predicted octanol–water partition coefficient (Wildman–Crippen LogP) is 2.86. The highest BCUT2D eigenvalue weighted by atomic mass is 16.5. The van der Waals surface area contributed by atoms with Crippen LogP contribution in [0.1, 0.15) is 31.1 Å². The van der Waals surface area contributed by atoms with Gasteiger partial charge >= 0.3 is 0 Å². The molecule has 0 bridgehead atoms. The van der Waals surface area contributed by atoms with Crippen molar-refractivity contribution in [3.05, 3.63) is 35.8 Å². The normalized spacial score (nSPS) is 24.1. The first kappa shape index (κ1) is 12.4. The quantitative estimate of drug-likeness (QED) is 0.798. The van der Waals surface area contributed by atoms with Crippen LogP contribution in [0, 0.1) is 11.8 Å². The number of furan rings is 1. The van der Waals surface area contributed by atoms with Crippen molar-refractivity contribution in [2.24, 2.45) is 17.6 Å². The van der Waals surface area contributed by atoms with Crippen molar-refractivity contribution in [1.29, 1.82) is 0 Å². The van der Waals surface area contributed by atoms with Crippen LogP contribution < -0.4 is 5.73 Å². The molecule has 1 aromatic rings. The molecular formula is C14H21NO2. The molecule has 1 aromatic heterocycles. The van der Waals surface area contributed by atoms with E-state index in [4.69, 9.17) is 14.9 Å². The molecule has 0 saturated carbocycles. The molecule has 0 saturated heterocycles. The van der Waals surface area contributed by atoms with Crippen LogP contribution in [0.15, 0.2) is 28.9 Å². The van der Waals surface area contributed by atoms with Gasteiger partial charge in [-0.15, -0.1) is 0 Å². The number of ether oxygens (including phenoxy) is 1. The smallest absolute Gasteiger partial charge is 0.133 e. The number of rotatable bonds is 5. The number of hydrogen-bond donors (Lipinski definition) is 1. The van der Waals surface area contributed by atoms with E-state index in [1.165, 1.54) is 6.42 Å². The maximum atomic E-state index is 5.75. The Morgan fingerprint density at radius 3 is 3.00 bits per heavy atom. The third kappa shape index (κ3) is 3.20. The summed E-state index contributed by atoms with van der Waals surface area (Å²) < 4.78 is 11.1. The molecule has 3 nitrogen and oxygen atoms in total. The third-order valence-corrected chi connectivity index (χ3v) is 3.54. The van der Waals surface area contributed by atoms with E-state index in [1.54, 1.807) is 6.26 Å². The molecule has 1 aliphatic rings. The Morgan fingerprint density at radius 2 is 2.24 bits per heavy atom. The van der Waals surface area contributed by atoms with E-state index in [1.807, 2.05) is 6.07 Å². The second-order valence-corrected chi connectivity index (χ2v) is 4.77. The van der Waals surface area contributed by atoms with Crippen molar-refractivity contribution in [2.45, 2.75) is 32.9 Å². The topological polar surface area (TPSA) is 48.4 Å². The molecule has 0 spiro atoms. The molecular weight excluding hydrogens is 214 g/mol. The van der Waals surface area contributed by atoms with Crippen molar-refractivity contribution in [3.63, 3.8) is 0 Å². The summed E-state index contributed by atoms with van der Waals surface area (Å²) in [5.74, 6) is 2.22. The van der Waals surface area contributed by atoms with Crippen molar-refractivity contribution < 1.29 is 9.15 Å². The first-order valence-electron chi connectivity index (χ1n) is 6.29. The highest BCUT2D eigenvalue weighted by Crippen LogP contribution is 2.25. The summed E-state index contributed by atoms with van der Waals surface area (Å²) in [6.45, 7) is 4.14. The molecule has 3 heteroatoms. The van der Waals surface area contributed by atoms with Crippen LogP contribution in [0.3, 0.4) is 0 Å². The van der Waals surface area contributed by atoms with Crippen LogP contribution >= 0.6 is 0 Å². The monoisotopic (exact) mass is 235 g/mol. The summed E-state index contributed by atoms with van der Waals surface area (Å²) in [6.07, 6.45) is 8.49. The Morgan fingerprint density at radius 1 is 1.41 bits per heavy atom. The Balaban J connectivity index is 1.77. The van der Waals surface area contributed by atoms with Crippen LogP contribution in [-0.2, 0) is 17.9 Å². The second kappa shape index (κ2) is 6.03. The fraction of sp³-hybridized carbons (Fsp3) is 0.571. The summed E-state index contributed by atoms with van der Waals surface area (Å²) in [4.78, 5) is 0. The maximum Gasteiger partial charge on any atom is 0.133 e. The summed E-state index contributed by atoms with van der Waals surface area (Å²) in [5, 5.41) is 0. The lowest BCUT2D eigenvalue weighted by atomic mass is 9.85. The summed E-state index contributed by atoms with van der Waals surface area (Å²) in [5.41, 5.74) is 6.65. The molecule has 0 amide bonds. The van der Waals surface area contributed by atoms with E-state index in [0.29, 0.717) is 25.0 Å². The van der Waals surface area contributed by atoms with Gasteiger partial charge in [0.15, 0.2) is 0 Å². The van der Waals surface area contributed by atoms with Crippen LogP contribution in [-0.4, -0.2) is 6.61 Å². The first-order chi connectivity index (χ1) is 8.31. The zero-order valence-corrected chi connectivity index (χ0v) is 10.4. The zero-order chi connectivity index (χ0) is 12.1. The van der Waals surface area contributed by atoms with E-state index in [-0.39, 0.29) is 0 Å². The van der Waals surface area contributed by atoms with E-state index >= 15 is 0 Å². The summed E-state index contributed by atoms with van der Waals surface area (Å²) in [6, 6.07) is 1.91. The van der Waals surface area contributed by atoms with Gasteiger partial charge in [-0.25, -0.2) is 0 Å². The molecule has 2 atom stereocenters. The molecule has 17 heavy (non-hydrogen) atoms. The Hall–Kier alpha value is -1.06. The van der Waals surface area contributed by atoms with Crippen LogP contribution in [0.2, 0.25) is 0 Å². The van der Waals surface area contributed by atoms with Gasteiger partial charge < -0.3 is 14.9 Å². The van der Waals surface area contributed by atoms with Crippen molar-refractivity contribution in [1.82, 2.24) is 0 Å². The van der Waals surface area contributed by atoms with Gasteiger partial charge in [0.25, 0.3) is 0 Å². The highest BCUT2D eigenvalue weighted by molar-refractivity contribution is 5.15. The number of hydrogen-bond acceptors (Lipinski definition) is 3. The molecule has 0 fully saturated rings. The van der Waals surface area contributed by atoms with Gasteiger partial charge in [0.05, 0.1) is 12.9 Å². The molecule has 0 aliphatic heterocycles. The second-order valence-electron chi connectivity index (χ2n) is 4.77. The minimum Gasteiger partial charge on any atom is -0.467 e. The maximum absolute atomic E-state index is 5.75. The summed E-state index contributed by atoms with van der Waals surface area (Å²) in [7, 11) is 0. The first-order valence-corrected chi connectivity index (χ1v) is 6.29. The molecule has 2 N–H and O–H groups in total. The third-order valence-electron chi connectivity index (χ3n) is 3.54. The van der Waals surface area contributed by atoms with Gasteiger partial charge in [-0.1, -0.05) is 19.1 Å². The fourth-order valence-electron chi connectivity index (χ4n) is 2.22. The largest absolute Gasteiger partial charge is 0.467 e. The number of allylic oxidation sites excluding steroid dienone is 2. The Labute approximate surface area is 103 Å². The molecule has 1 heterocycles. The standard InChI is InChI=1S/C14H21NO2/c1-11-4-2-3-5-13(11)9-16-10-14-12(8-15)6-7-17-14/h2-3,6-7,11,13H,4-5,8-10,15H2,1H3. The zero-order valence-electron chi connectivity index (χ0n) is 10.4.